The number of hydrogen-bond donors (Lipinski definition) is 1. The van der Waals surface area contributed by atoms with Crippen molar-refractivity contribution in [3.63, 3.8) is 0 Å². The van der Waals surface area contributed by atoms with E-state index in [1.165, 1.54) is 6.26 Å². The van der Waals surface area contributed by atoms with Gasteiger partial charge in [0.15, 0.2) is 9.84 Å². The van der Waals surface area contributed by atoms with Gasteiger partial charge in [-0.05, 0) is 18.2 Å². The summed E-state index contributed by atoms with van der Waals surface area (Å²) in [5, 5.41) is 3.42. The van der Waals surface area contributed by atoms with Crippen molar-refractivity contribution in [2.45, 2.75) is 37.4 Å². The minimum absolute atomic E-state index is 0.167. The highest BCUT2D eigenvalue weighted by molar-refractivity contribution is 7.90. The summed E-state index contributed by atoms with van der Waals surface area (Å²) in [6.45, 7) is 6.10. The molecule has 2 aromatic rings. The van der Waals surface area contributed by atoms with Crippen LogP contribution < -0.4 is 5.32 Å². The van der Waals surface area contributed by atoms with E-state index in [4.69, 9.17) is 4.74 Å². The van der Waals surface area contributed by atoms with E-state index in [-0.39, 0.29) is 6.04 Å². The van der Waals surface area contributed by atoms with Gasteiger partial charge in [-0.2, -0.15) is 0 Å². The number of hydrogen-bond acceptors (Lipinski definition) is 5. The first-order chi connectivity index (χ1) is 10.4. The van der Waals surface area contributed by atoms with Crippen LogP contribution >= 0.6 is 0 Å². The number of nitrogens with zero attached hydrogens (tertiary/aromatic N) is 2. The molecule has 1 aliphatic rings. The quantitative estimate of drug-likeness (QED) is 0.923. The molecule has 2 heterocycles. The first-order valence-corrected chi connectivity index (χ1v) is 9.27. The van der Waals surface area contributed by atoms with Gasteiger partial charge in [0.2, 0.25) is 0 Å². The minimum Gasteiger partial charge on any atom is -0.371 e. The Morgan fingerprint density at radius 1 is 1.45 bits per heavy atom. The highest BCUT2D eigenvalue weighted by atomic mass is 32.2. The maximum Gasteiger partial charge on any atom is 0.175 e. The molecular formula is C15H21N3O3S. The topological polar surface area (TPSA) is 73.2 Å². The first kappa shape index (κ1) is 15.5. The summed E-state index contributed by atoms with van der Waals surface area (Å²) in [7, 11) is -3.22. The second kappa shape index (κ2) is 5.64. The first-order valence-electron chi connectivity index (χ1n) is 7.38. The average Bonchev–Trinajstić information content (AvgIpc) is 2.82. The number of rotatable bonds is 4. The fraction of sp³-hybridized carbons (Fsp3) is 0.533. The van der Waals surface area contributed by atoms with E-state index < -0.39 is 9.84 Å². The van der Waals surface area contributed by atoms with E-state index >= 15 is 0 Å². The Labute approximate surface area is 130 Å². The van der Waals surface area contributed by atoms with Gasteiger partial charge in [0.05, 0.1) is 28.6 Å². The molecule has 0 aliphatic carbocycles. The Balaban J connectivity index is 2.04. The Hall–Kier alpha value is -1.44. The third-order valence-electron chi connectivity index (χ3n) is 3.83. The molecule has 1 unspecified atom stereocenters. The summed E-state index contributed by atoms with van der Waals surface area (Å²) >= 11 is 0. The molecule has 6 nitrogen and oxygen atoms in total. The number of ether oxygens (including phenoxy) is 1. The van der Waals surface area contributed by atoms with Gasteiger partial charge in [0, 0.05) is 18.8 Å². The fourth-order valence-electron chi connectivity index (χ4n) is 2.75. The van der Waals surface area contributed by atoms with Crippen LogP contribution in [0.4, 0.5) is 0 Å². The van der Waals surface area contributed by atoms with E-state index in [0.717, 1.165) is 17.9 Å². The predicted molar refractivity (Wildman–Crippen MR) is 84.7 cm³/mol. The van der Waals surface area contributed by atoms with Crippen LogP contribution in [0, 0.1) is 0 Å². The van der Waals surface area contributed by atoms with Crippen LogP contribution in [0.1, 0.15) is 25.7 Å². The zero-order chi connectivity index (χ0) is 15.9. The Kier molecular flexibility index (Phi) is 3.96. The largest absolute Gasteiger partial charge is 0.371 e. The molecule has 0 spiro atoms. The van der Waals surface area contributed by atoms with E-state index in [2.05, 4.69) is 28.7 Å². The molecule has 7 heteroatoms. The molecule has 1 aliphatic heterocycles. The SMILES string of the molecule is CC(C)NCC1COCc2nc3cc(S(C)(=O)=O)ccc3n21. The summed E-state index contributed by atoms with van der Waals surface area (Å²) in [6, 6.07) is 5.70. The molecule has 0 bridgehead atoms. The van der Waals surface area contributed by atoms with Gasteiger partial charge in [-0.15, -0.1) is 0 Å². The molecule has 0 amide bonds. The maximum absolute atomic E-state index is 11.7. The lowest BCUT2D eigenvalue weighted by Gasteiger charge is -2.27. The van der Waals surface area contributed by atoms with E-state index in [1.807, 2.05) is 6.07 Å². The zero-order valence-corrected chi connectivity index (χ0v) is 13.9. The number of nitrogens with one attached hydrogen (secondary N) is 1. The molecule has 1 N–H and O–H groups in total. The van der Waals surface area contributed by atoms with Crippen molar-refractivity contribution >= 4 is 20.9 Å². The summed E-state index contributed by atoms with van der Waals surface area (Å²) in [5.41, 5.74) is 1.67. The number of benzene rings is 1. The molecule has 0 saturated heterocycles. The third kappa shape index (κ3) is 2.88. The molecule has 1 aromatic carbocycles. The Morgan fingerprint density at radius 3 is 2.91 bits per heavy atom. The van der Waals surface area contributed by atoms with Crippen LogP contribution in [0.2, 0.25) is 0 Å². The molecule has 120 valence electrons. The van der Waals surface area contributed by atoms with Crippen molar-refractivity contribution in [2.24, 2.45) is 0 Å². The summed E-state index contributed by atoms with van der Waals surface area (Å²) < 4.78 is 31.2. The van der Waals surface area contributed by atoms with Crippen LogP contribution in [0.25, 0.3) is 11.0 Å². The van der Waals surface area contributed by atoms with Crippen LogP contribution in [-0.2, 0) is 21.2 Å². The number of fused-ring (bicyclic) bond motifs is 3. The van der Waals surface area contributed by atoms with E-state index in [0.29, 0.717) is 29.7 Å². The molecule has 22 heavy (non-hydrogen) atoms. The zero-order valence-electron chi connectivity index (χ0n) is 13.0. The second-order valence-corrected chi connectivity index (χ2v) is 8.07. The molecular weight excluding hydrogens is 302 g/mol. The summed E-state index contributed by atoms with van der Waals surface area (Å²) in [4.78, 5) is 4.85. The van der Waals surface area contributed by atoms with Gasteiger partial charge in [-0.1, -0.05) is 13.8 Å². The normalized spacial score (nSPS) is 18.8. The third-order valence-corrected chi connectivity index (χ3v) is 4.94. The highest BCUT2D eigenvalue weighted by Gasteiger charge is 2.24. The van der Waals surface area contributed by atoms with Gasteiger partial charge >= 0.3 is 0 Å². The highest BCUT2D eigenvalue weighted by Crippen LogP contribution is 2.27. The summed E-state index contributed by atoms with van der Waals surface area (Å²) in [5.74, 6) is 0.849. The standard InChI is InChI=1S/C15H21N3O3S/c1-10(2)16-7-11-8-21-9-15-17-13-6-12(22(3,19)20)4-5-14(13)18(11)15/h4-6,10-11,16H,7-9H2,1-3H3. The van der Waals surface area contributed by atoms with Gasteiger partial charge in [0.25, 0.3) is 0 Å². The number of imidazole rings is 1. The summed E-state index contributed by atoms with van der Waals surface area (Å²) in [6.07, 6.45) is 1.21. The lowest BCUT2D eigenvalue weighted by molar-refractivity contribution is 0.0559. The molecule has 0 fully saturated rings. The van der Waals surface area contributed by atoms with Crippen LogP contribution in [0.15, 0.2) is 23.1 Å². The van der Waals surface area contributed by atoms with Crippen LogP contribution in [0.5, 0.6) is 0 Å². The Bertz CT molecular complexity index is 796. The van der Waals surface area contributed by atoms with Crippen LogP contribution in [0.3, 0.4) is 0 Å². The molecule has 1 aromatic heterocycles. The van der Waals surface area contributed by atoms with E-state index in [9.17, 15) is 8.42 Å². The number of sulfone groups is 1. The van der Waals surface area contributed by atoms with Crippen molar-refractivity contribution in [2.75, 3.05) is 19.4 Å². The van der Waals surface area contributed by atoms with Gasteiger partial charge in [0.1, 0.15) is 12.4 Å². The predicted octanol–water partition coefficient (Wildman–Crippen LogP) is 1.51. The van der Waals surface area contributed by atoms with Gasteiger partial charge in [-0.3, -0.25) is 0 Å². The van der Waals surface area contributed by atoms with Crippen molar-refractivity contribution < 1.29 is 13.2 Å². The minimum atomic E-state index is -3.22. The second-order valence-electron chi connectivity index (χ2n) is 6.05. The Morgan fingerprint density at radius 2 is 2.23 bits per heavy atom. The average molecular weight is 323 g/mol. The maximum atomic E-state index is 11.7. The van der Waals surface area contributed by atoms with Crippen molar-refractivity contribution in [3.8, 4) is 0 Å². The fourth-order valence-corrected chi connectivity index (χ4v) is 3.39. The lowest BCUT2D eigenvalue weighted by atomic mass is 10.2. The van der Waals surface area contributed by atoms with Crippen molar-refractivity contribution in [1.82, 2.24) is 14.9 Å². The molecule has 0 saturated carbocycles. The monoisotopic (exact) mass is 323 g/mol. The smallest absolute Gasteiger partial charge is 0.175 e. The van der Waals surface area contributed by atoms with E-state index in [1.54, 1.807) is 12.1 Å². The number of aromatic nitrogens is 2. The van der Waals surface area contributed by atoms with Crippen molar-refractivity contribution in [1.29, 1.82) is 0 Å². The van der Waals surface area contributed by atoms with Crippen molar-refractivity contribution in [3.05, 3.63) is 24.0 Å². The van der Waals surface area contributed by atoms with Gasteiger partial charge < -0.3 is 14.6 Å². The van der Waals surface area contributed by atoms with Crippen LogP contribution in [-0.4, -0.2) is 43.4 Å². The molecule has 3 rings (SSSR count). The van der Waals surface area contributed by atoms with Gasteiger partial charge in [-0.25, -0.2) is 13.4 Å². The molecule has 0 radical (unpaired) electrons. The molecule has 1 atom stereocenters. The lowest BCUT2D eigenvalue weighted by Crippen LogP contribution is -2.35.